The van der Waals surface area contributed by atoms with Crippen LogP contribution in [0.15, 0.2) is 42.5 Å². The van der Waals surface area contributed by atoms with E-state index in [1.165, 1.54) is 10.5 Å². The van der Waals surface area contributed by atoms with Gasteiger partial charge in [0.05, 0.1) is 25.8 Å². The highest BCUT2D eigenvalue weighted by Crippen LogP contribution is 2.32. The van der Waals surface area contributed by atoms with E-state index in [9.17, 15) is 4.79 Å². The van der Waals surface area contributed by atoms with Crippen molar-refractivity contribution in [1.29, 1.82) is 0 Å². The second-order valence-corrected chi connectivity index (χ2v) is 7.34. The number of anilines is 1. The average molecular weight is 384 g/mol. The van der Waals surface area contributed by atoms with Crippen molar-refractivity contribution in [2.45, 2.75) is 39.8 Å². The maximum Gasteiger partial charge on any atom is 0.265 e. The number of hydrogen-bond donors (Lipinski definition) is 1. The molecule has 0 saturated heterocycles. The molecule has 1 heterocycles. The molecule has 150 valence electrons. The second-order valence-electron chi connectivity index (χ2n) is 7.34. The van der Waals surface area contributed by atoms with E-state index in [1.54, 1.807) is 7.11 Å². The molecular weight excluding hydrogens is 352 g/mol. The highest BCUT2D eigenvalue weighted by Gasteiger charge is 2.30. The topological polar surface area (TPSA) is 43.2 Å². The van der Waals surface area contributed by atoms with Crippen molar-refractivity contribution in [3.05, 3.63) is 53.6 Å². The summed E-state index contributed by atoms with van der Waals surface area (Å²) in [5.41, 5.74) is 3.30. The summed E-state index contributed by atoms with van der Waals surface area (Å²) in [5.74, 6) is 1.56. The number of methoxy groups -OCH3 is 1. The molecule has 28 heavy (non-hydrogen) atoms. The lowest BCUT2D eigenvalue weighted by molar-refractivity contribution is -0.910. The number of quaternary nitrogens is 1. The number of fused-ring (bicyclic) bond motifs is 1. The van der Waals surface area contributed by atoms with Gasteiger partial charge in [-0.2, -0.15) is 0 Å². The van der Waals surface area contributed by atoms with E-state index >= 15 is 0 Å². The predicted octanol–water partition coefficient (Wildman–Crippen LogP) is 2.48. The van der Waals surface area contributed by atoms with Gasteiger partial charge in [-0.1, -0.05) is 18.2 Å². The lowest BCUT2D eigenvalue weighted by Gasteiger charge is -2.23. The Morgan fingerprint density at radius 3 is 2.64 bits per heavy atom. The molecule has 3 rings (SSSR count). The standard InChI is InChI=1S/C23H30N2O3/c1-5-24(6-2)15-19-14-20(27-4)11-12-22(19)28-16-23(26)25-17(3)13-18-9-7-8-10-21(18)25/h7-12,14,17H,5-6,13,15-16H2,1-4H3/p+1/t17-/m1/s1. The first kappa shape index (κ1) is 20.2. The summed E-state index contributed by atoms with van der Waals surface area (Å²) in [7, 11) is 1.67. The minimum Gasteiger partial charge on any atom is -0.497 e. The number of amides is 1. The van der Waals surface area contributed by atoms with Crippen LogP contribution < -0.4 is 19.3 Å². The van der Waals surface area contributed by atoms with Crippen molar-refractivity contribution in [1.82, 2.24) is 0 Å². The first-order chi connectivity index (χ1) is 13.6. The summed E-state index contributed by atoms with van der Waals surface area (Å²) in [6.07, 6.45) is 0.890. The third-order valence-electron chi connectivity index (χ3n) is 5.54. The van der Waals surface area contributed by atoms with Gasteiger partial charge in [-0.15, -0.1) is 0 Å². The molecule has 1 aliphatic rings. The fourth-order valence-electron chi connectivity index (χ4n) is 3.89. The highest BCUT2D eigenvalue weighted by molar-refractivity contribution is 5.97. The molecular formula is C23H31N2O3+. The van der Waals surface area contributed by atoms with Crippen LogP contribution in [0.5, 0.6) is 11.5 Å². The molecule has 1 N–H and O–H groups in total. The van der Waals surface area contributed by atoms with Gasteiger partial charge in [-0.3, -0.25) is 4.79 Å². The van der Waals surface area contributed by atoms with E-state index in [0.29, 0.717) is 0 Å². The third-order valence-corrected chi connectivity index (χ3v) is 5.54. The molecule has 0 aromatic heterocycles. The number of nitrogens with zero attached hydrogens (tertiary/aromatic N) is 1. The third kappa shape index (κ3) is 4.30. The van der Waals surface area contributed by atoms with E-state index < -0.39 is 0 Å². The number of nitrogens with one attached hydrogen (secondary N) is 1. The zero-order valence-corrected chi connectivity index (χ0v) is 17.3. The maximum absolute atomic E-state index is 12.9. The molecule has 0 bridgehead atoms. The van der Waals surface area contributed by atoms with Gasteiger partial charge in [0.1, 0.15) is 18.0 Å². The number of para-hydroxylation sites is 1. The summed E-state index contributed by atoms with van der Waals surface area (Å²) in [6, 6.07) is 14.1. The molecule has 2 aromatic carbocycles. The molecule has 5 heteroatoms. The van der Waals surface area contributed by atoms with Crippen LogP contribution in [-0.2, 0) is 17.8 Å². The Morgan fingerprint density at radius 1 is 1.18 bits per heavy atom. The summed E-state index contributed by atoms with van der Waals surface area (Å²) >= 11 is 0. The molecule has 2 aromatic rings. The van der Waals surface area contributed by atoms with Crippen molar-refractivity contribution in [3.8, 4) is 11.5 Å². The van der Waals surface area contributed by atoms with Crippen LogP contribution in [0, 0.1) is 0 Å². The first-order valence-electron chi connectivity index (χ1n) is 10.1. The van der Waals surface area contributed by atoms with Crippen LogP contribution in [0.1, 0.15) is 31.9 Å². The molecule has 1 atom stereocenters. The molecule has 1 aliphatic heterocycles. The second kappa shape index (κ2) is 9.11. The Labute approximate surface area is 167 Å². The minimum absolute atomic E-state index is 0.00518. The molecule has 1 amide bonds. The Morgan fingerprint density at radius 2 is 1.93 bits per heavy atom. The largest absolute Gasteiger partial charge is 0.497 e. The van der Waals surface area contributed by atoms with Gasteiger partial charge in [0.15, 0.2) is 6.61 Å². The first-order valence-corrected chi connectivity index (χ1v) is 10.1. The minimum atomic E-state index is -0.00518. The zero-order chi connectivity index (χ0) is 20.1. The average Bonchev–Trinajstić information content (AvgIpc) is 3.06. The fourth-order valence-corrected chi connectivity index (χ4v) is 3.89. The van der Waals surface area contributed by atoms with E-state index in [2.05, 4.69) is 26.8 Å². The van der Waals surface area contributed by atoms with Crippen molar-refractivity contribution in [2.75, 3.05) is 31.7 Å². The summed E-state index contributed by atoms with van der Waals surface area (Å²) < 4.78 is 11.4. The Bertz CT molecular complexity index is 817. The molecule has 0 saturated carbocycles. The van der Waals surface area contributed by atoms with Gasteiger partial charge >= 0.3 is 0 Å². The van der Waals surface area contributed by atoms with Gasteiger partial charge in [-0.05, 0) is 57.0 Å². The van der Waals surface area contributed by atoms with Crippen molar-refractivity contribution < 1.29 is 19.2 Å². The van der Waals surface area contributed by atoms with Crippen molar-refractivity contribution in [3.63, 3.8) is 0 Å². The zero-order valence-electron chi connectivity index (χ0n) is 17.3. The van der Waals surface area contributed by atoms with E-state index in [-0.39, 0.29) is 18.6 Å². The van der Waals surface area contributed by atoms with E-state index in [4.69, 9.17) is 9.47 Å². The van der Waals surface area contributed by atoms with Crippen LogP contribution in [0.4, 0.5) is 5.69 Å². The molecule has 0 fully saturated rings. The van der Waals surface area contributed by atoms with Gasteiger partial charge in [0.25, 0.3) is 5.91 Å². The number of rotatable bonds is 8. The lowest BCUT2D eigenvalue weighted by Crippen LogP contribution is -3.10. The van der Waals surface area contributed by atoms with E-state index in [1.807, 2.05) is 41.3 Å². The fraction of sp³-hybridized carbons (Fsp3) is 0.435. The lowest BCUT2D eigenvalue weighted by atomic mass is 10.1. The Hall–Kier alpha value is -2.53. The molecule has 5 nitrogen and oxygen atoms in total. The van der Waals surface area contributed by atoms with Gasteiger partial charge in [0.2, 0.25) is 0 Å². The van der Waals surface area contributed by atoms with E-state index in [0.717, 1.165) is 48.8 Å². The number of hydrogen-bond acceptors (Lipinski definition) is 3. The molecule has 0 radical (unpaired) electrons. The quantitative estimate of drug-likeness (QED) is 0.762. The van der Waals surface area contributed by atoms with Crippen LogP contribution in [0.2, 0.25) is 0 Å². The SMILES string of the molecule is CC[NH+](CC)Cc1cc(OC)ccc1OCC(=O)N1c2ccccc2C[C@H]1C. The van der Waals surface area contributed by atoms with Crippen molar-refractivity contribution >= 4 is 11.6 Å². The normalized spacial score (nSPS) is 15.6. The number of benzene rings is 2. The summed E-state index contributed by atoms with van der Waals surface area (Å²) in [4.78, 5) is 16.3. The van der Waals surface area contributed by atoms with Crippen LogP contribution in [0.3, 0.4) is 0 Å². The monoisotopic (exact) mass is 383 g/mol. The summed E-state index contributed by atoms with van der Waals surface area (Å²) in [6.45, 7) is 9.38. The van der Waals surface area contributed by atoms with Crippen LogP contribution >= 0.6 is 0 Å². The van der Waals surface area contributed by atoms with Gasteiger partial charge < -0.3 is 19.3 Å². The van der Waals surface area contributed by atoms with Gasteiger partial charge in [-0.25, -0.2) is 0 Å². The molecule has 0 unspecified atom stereocenters. The predicted molar refractivity (Wildman–Crippen MR) is 111 cm³/mol. The number of carbonyl (C=O) groups is 1. The maximum atomic E-state index is 12.9. The van der Waals surface area contributed by atoms with Crippen LogP contribution in [-0.4, -0.2) is 38.8 Å². The van der Waals surface area contributed by atoms with Gasteiger partial charge in [0, 0.05) is 11.7 Å². The number of ether oxygens (including phenoxy) is 2. The van der Waals surface area contributed by atoms with Crippen molar-refractivity contribution in [2.24, 2.45) is 0 Å². The highest BCUT2D eigenvalue weighted by atomic mass is 16.5. The summed E-state index contributed by atoms with van der Waals surface area (Å²) in [5, 5.41) is 0. The molecule has 0 spiro atoms. The smallest absolute Gasteiger partial charge is 0.265 e. The molecule has 0 aliphatic carbocycles. The Kier molecular flexibility index (Phi) is 6.57. The van der Waals surface area contributed by atoms with Crippen LogP contribution in [0.25, 0.3) is 0 Å². The Balaban J connectivity index is 1.74. The number of carbonyl (C=O) groups excluding carboxylic acids is 1.